The first kappa shape index (κ1) is 29.5. The van der Waals surface area contributed by atoms with Crippen LogP contribution in [0.3, 0.4) is 0 Å². The zero-order valence-corrected chi connectivity index (χ0v) is 24.1. The minimum absolute atomic E-state index is 0.00865. The number of ketones is 2. The highest BCUT2D eigenvalue weighted by atomic mass is 16.6. The number of hydrogen-bond donors (Lipinski definition) is 0. The second kappa shape index (κ2) is 11.2. The molecule has 4 aliphatic carbocycles. The van der Waals surface area contributed by atoms with E-state index in [4.69, 9.17) is 14.2 Å². The highest BCUT2D eigenvalue weighted by Gasteiger charge is 2.71. The molecule has 0 aromatic heterocycles. The Morgan fingerprint density at radius 3 is 2.33 bits per heavy atom. The van der Waals surface area contributed by atoms with Gasteiger partial charge in [-0.25, -0.2) is 0 Å². The Labute approximate surface area is 231 Å². The molecule has 7 atom stereocenters. The van der Waals surface area contributed by atoms with Gasteiger partial charge >= 0.3 is 17.9 Å². The maximum absolute atomic E-state index is 14.0. The van der Waals surface area contributed by atoms with Gasteiger partial charge in [0, 0.05) is 37.0 Å². The van der Waals surface area contributed by atoms with Crippen LogP contribution >= 0.6 is 0 Å². The van der Waals surface area contributed by atoms with Crippen molar-refractivity contribution in [2.45, 2.75) is 117 Å². The fourth-order valence-electron chi connectivity index (χ4n) is 8.50. The number of Topliss-reactive ketones (excluding diaryl/α,β-unsaturated/α-hetero) is 1. The van der Waals surface area contributed by atoms with E-state index >= 15 is 0 Å². The smallest absolute Gasteiger partial charge is 0.306 e. The first-order valence-electron chi connectivity index (χ1n) is 14.8. The van der Waals surface area contributed by atoms with E-state index in [0.717, 1.165) is 18.4 Å². The van der Waals surface area contributed by atoms with E-state index in [1.54, 1.807) is 13.8 Å². The average molecular weight is 545 g/mol. The van der Waals surface area contributed by atoms with Crippen molar-refractivity contribution in [3.63, 3.8) is 0 Å². The summed E-state index contributed by atoms with van der Waals surface area (Å²) < 4.78 is 17.6. The van der Waals surface area contributed by atoms with Crippen molar-refractivity contribution in [1.82, 2.24) is 0 Å². The van der Waals surface area contributed by atoms with Crippen LogP contribution in [0.2, 0.25) is 0 Å². The Balaban J connectivity index is 1.78. The predicted octanol–water partition coefficient (Wildman–Crippen LogP) is 5.05. The lowest BCUT2D eigenvalue weighted by Gasteiger charge is -2.61. The molecule has 0 heterocycles. The number of carbonyl (C=O) groups excluding carboxylic acids is 5. The number of ether oxygens (including phenoxy) is 3. The molecule has 0 radical (unpaired) electrons. The normalized spacial score (nSPS) is 37.1. The van der Waals surface area contributed by atoms with Crippen molar-refractivity contribution < 1.29 is 38.2 Å². The van der Waals surface area contributed by atoms with Gasteiger partial charge in [0.2, 0.25) is 5.78 Å². The molecule has 0 N–H and O–H groups in total. The Bertz CT molecular complexity index is 1060. The van der Waals surface area contributed by atoms with Gasteiger partial charge in [0.15, 0.2) is 18.0 Å². The fourth-order valence-corrected chi connectivity index (χ4v) is 8.50. The standard InChI is InChI=1S/C31H44O8/c1-6-9-27(36)39-31(24(33)18-37-25(34)7-2)15-13-22-21-11-10-19-16-20(32)12-14-29(19,4)28(21)23(17-30(22,31)5)38-26(35)8-3/h16,21-23,28H,6-15,17-18H2,1-5H3/t21-,22-,23-,28+,29-,30-,31-/m0/s1. The molecular weight excluding hydrogens is 500 g/mol. The van der Waals surface area contributed by atoms with Gasteiger partial charge in [-0.1, -0.05) is 40.2 Å². The number of rotatable bonds is 9. The molecule has 0 unspecified atom stereocenters. The largest absolute Gasteiger partial charge is 0.462 e. The third kappa shape index (κ3) is 4.97. The van der Waals surface area contributed by atoms with E-state index in [0.29, 0.717) is 38.5 Å². The quantitative estimate of drug-likeness (QED) is 0.293. The van der Waals surface area contributed by atoms with Crippen molar-refractivity contribution in [3.05, 3.63) is 11.6 Å². The van der Waals surface area contributed by atoms with Gasteiger partial charge in [-0.3, -0.25) is 24.0 Å². The summed E-state index contributed by atoms with van der Waals surface area (Å²) in [5, 5.41) is 0. The molecule has 4 rings (SSSR count). The summed E-state index contributed by atoms with van der Waals surface area (Å²) in [7, 11) is 0. The summed E-state index contributed by atoms with van der Waals surface area (Å²) in [4.78, 5) is 63.9. The molecule has 0 aliphatic heterocycles. The van der Waals surface area contributed by atoms with Gasteiger partial charge < -0.3 is 14.2 Å². The van der Waals surface area contributed by atoms with Gasteiger partial charge in [0.1, 0.15) is 6.10 Å². The van der Waals surface area contributed by atoms with E-state index in [9.17, 15) is 24.0 Å². The van der Waals surface area contributed by atoms with Crippen molar-refractivity contribution >= 4 is 29.5 Å². The van der Waals surface area contributed by atoms with E-state index in [1.165, 1.54) is 0 Å². The van der Waals surface area contributed by atoms with Crippen molar-refractivity contribution in [1.29, 1.82) is 0 Å². The monoisotopic (exact) mass is 544 g/mol. The summed E-state index contributed by atoms with van der Waals surface area (Å²) in [6.07, 6.45) is 6.66. The molecule has 3 saturated carbocycles. The lowest BCUT2D eigenvalue weighted by atomic mass is 9.45. The van der Waals surface area contributed by atoms with Gasteiger partial charge in [-0.15, -0.1) is 0 Å². The second-order valence-electron chi connectivity index (χ2n) is 12.4. The Morgan fingerprint density at radius 2 is 1.67 bits per heavy atom. The first-order chi connectivity index (χ1) is 18.5. The Hall–Kier alpha value is -2.51. The highest BCUT2D eigenvalue weighted by Crippen LogP contribution is 2.69. The van der Waals surface area contributed by atoms with Crippen LogP contribution in [0.15, 0.2) is 11.6 Å². The van der Waals surface area contributed by atoms with Crippen molar-refractivity contribution in [2.75, 3.05) is 6.61 Å². The third-order valence-electron chi connectivity index (χ3n) is 10.4. The van der Waals surface area contributed by atoms with Crippen LogP contribution in [-0.2, 0) is 38.2 Å². The van der Waals surface area contributed by atoms with Gasteiger partial charge in [0.25, 0.3) is 0 Å². The Kier molecular flexibility index (Phi) is 8.44. The molecule has 0 aromatic carbocycles. The zero-order valence-electron chi connectivity index (χ0n) is 24.1. The molecule has 8 heteroatoms. The second-order valence-corrected chi connectivity index (χ2v) is 12.4. The maximum Gasteiger partial charge on any atom is 0.306 e. The van der Waals surface area contributed by atoms with Crippen LogP contribution in [0, 0.1) is 28.6 Å². The fraction of sp³-hybridized carbons (Fsp3) is 0.774. The molecule has 0 amide bonds. The van der Waals surface area contributed by atoms with E-state index in [-0.39, 0.29) is 54.2 Å². The number of esters is 3. The lowest BCUT2D eigenvalue weighted by Crippen LogP contribution is -2.63. The first-order valence-corrected chi connectivity index (χ1v) is 14.8. The number of allylic oxidation sites excluding steroid dienone is 1. The molecule has 0 spiro atoms. The molecule has 0 aromatic rings. The van der Waals surface area contributed by atoms with Crippen LogP contribution < -0.4 is 0 Å². The maximum atomic E-state index is 14.0. The number of carbonyl (C=O) groups is 5. The molecular formula is C31H44O8. The van der Waals surface area contributed by atoms with Crippen LogP contribution in [-0.4, -0.2) is 47.8 Å². The zero-order chi connectivity index (χ0) is 28.6. The molecule has 0 bridgehead atoms. The Morgan fingerprint density at radius 1 is 0.949 bits per heavy atom. The van der Waals surface area contributed by atoms with Crippen LogP contribution in [0.1, 0.15) is 105 Å². The van der Waals surface area contributed by atoms with Crippen LogP contribution in [0.4, 0.5) is 0 Å². The summed E-state index contributed by atoms with van der Waals surface area (Å²) in [5.41, 5.74) is -1.39. The van der Waals surface area contributed by atoms with Gasteiger partial charge in [-0.2, -0.15) is 0 Å². The molecule has 39 heavy (non-hydrogen) atoms. The highest BCUT2D eigenvalue weighted by molar-refractivity contribution is 5.93. The van der Waals surface area contributed by atoms with E-state index in [2.05, 4.69) is 6.92 Å². The van der Waals surface area contributed by atoms with Crippen LogP contribution in [0.5, 0.6) is 0 Å². The third-order valence-corrected chi connectivity index (χ3v) is 10.4. The minimum atomic E-state index is -1.46. The van der Waals surface area contributed by atoms with E-state index in [1.807, 2.05) is 19.9 Å². The summed E-state index contributed by atoms with van der Waals surface area (Å²) >= 11 is 0. The predicted molar refractivity (Wildman–Crippen MR) is 142 cm³/mol. The molecule has 8 nitrogen and oxygen atoms in total. The van der Waals surface area contributed by atoms with Gasteiger partial charge in [0.05, 0.1) is 0 Å². The molecule has 216 valence electrons. The van der Waals surface area contributed by atoms with Crippen molar-refractivity contribution in [3.8, 4) is 0 Å². The molecule has 3 fully saturated rings. The van der Waals surface area contributed by atoms with E-state index < -0.39 is 41.4 Å². The summed E-state index contributed by atoms with van der Waals surface area (Å²) in [6, 6.07) is 0. The molecule has 0 saturated heterocycles. The molecule has 4 aliphatic rings. The summed E-state index contributed by atoms with van der Waals surface area (Å²) in [5.74, 6) is -1.28. The lowest BCUT2D eigenvalue weighted by molar-refractivity contribution is -0.209. The minimum Gasteiger partial charge on any atom is -0.462 e. The number of fused-ring (bicyclic) bond motifs is 5. The SMILES string of the molecule is CCCC(=O)O[C@]1(C(=O)COC(=O)CC)CC[C@H]2[C@@H]3CCC4=CC(=O)CC[C@]4(C)[C@H]3[C@@H](OC(=O)CC)C[C@@]21C. The van der Waals surface area contributed by atoms with Crippen LogP contribution in [0.25, 0.3) is 0 Å². The summed E-state index contributed by atoms with van der Waals surface area (Å²) in [6.45, 7) is 9.07. The average Bonchev–Trinajstić information content (AvgIpc) is 3.19. The van der Waals surface area contributed by atoms with Crippen molar-refractivity contribution in [2.24, 2.45) is 28.6 Å². The number of hydrogen-bond acceptors (Lipinski definition) is 8. The topological polar surface area (TPSA) is 113 Å². The van der Waals surface area contributed by atoms with Gasteiger partial charge in [-0.05, 0) is 68.3 Å².